The van der Waals surface area contributed by atoms with Gasteiger partial charge in [-0.15, -0.1) is 0 Å². The maximum Gasteiger partial charge on any atom is 0.347 e. The summed E-state index contributed by atoms with van der Waals surface area (Å²) in [5, 5.41) is 6.66. The second kappa shape index (κ2) is 11.9. The molecule has 33 heavy (non-hydrogen) atoms. The van der Waals surface area contributed by atoms with E-state index in [4.69, 9.17) is 14.3 Å². The lowest BCUT2D eigenvalue weighted by atomic mass is 9.87. The zero-order valence-corrected chi connectivity index (χ0v) is 19.9. The summed E-state index contributed by atoms with van der Waals surface area (Å²) in [4.78, 5) is 31.0. The molecule has 0 radical (unpaired) electrons. The molecule has 0 bridgehead atoms. The first-order valence-corrected chi connectivity index (χ1v) is 12.0. The third kappa shape index (κ3) is 6.58. The molecule has 1 heterocycles. The molecule has 0 saturated carbocycles. The molecular weight excluding hydrogens is 440 g/mol. The minimum absolute atomic E-state index is 0.0406. The summed E-state index contributed by atoms with van der Waals surface area (Å²) in [6, 6.07) is 14.3. The molecule has 0 atom stereocenters. The van der Waals surface area contributed by atoms with Crippen molar-refractivity contribution in [1.82, 2.24) is 4.90 Å². The molecule has 1 fully saturated rings. The zero-order valence-electron chi connectivity index (χ0n) is 19.1. The number of hydrogen-bond donors (Lipinski definition) is 0. The standard InChI is InChI=1S/C25H30N2O5S/c1-4-22(28)30-14-15-31-23(29)18-32-26-24(25(2,3)27-12-16-33-17-13-27)21-11-7-9-19-8-5-6-10-20(19)21/h4-11H,1,12-18H2,2-3H3. The number of benzene rings is 2. The number of ether oxygens (including phenoxy) is 2. The molecule has 0 aromatic heterocycles. The van der Waals surface area contributed by atoms with Crippen LogP contribution in [-0.2, 0) is 23.9 Å². The summed E-state index contributed by atoms with van der Waals surface area (Å²) in [7, 11) is 0. The van der Waals surface area contributed by atoms with E-state index in [0.717, 1.165) is 52.7 Å². The quantitative estimate of drug-likeness (QED) is 0.172. The minimum Gasteiger partial charge on any atom is -0.459 e. The highest BCUT2D eigenvalue weighted by Crippen LogP contribution is 2.29. The van der Waals surface area contributed by atoms with Crippen LogP contribution in [0.5, 0.6) is 0 Å². The Balaban J connectivity index is 1.77. The van der Waals surface area contributed by atoms with E-state index in [1.54, 1.807) is 0 Å². The van der Waals surface area contributed by atoms with Crippen LogP contribution in [0.25, 0.3) is 10.8 Å². The van der Waals surface area contributed by atoms with Crippen molar-refractivity contribution < 1.29 is 23.9 Å². The van der Waals surface area contributed by atoms with Crippen molar-refractivity contribution in [2.75, 3.05) is 44.4 Å². The van der Waals surface area contributed by atoms with Crippen LogP contribution >= 0.6 is 11.8 Å². The van der Waals surface area contributed by atoms with E-state index in [1.807, 2.05) is 36.0 Å². The molecule has 0 unspecified atom stereocenters. The maximum atomic E-state index is 12.0. The Bertz CT molecular complexity index is 1010. The van der Waals surface area contributed by atoms with E-state index in [2.05, 4.69) is 48.7 Å². The van der Waals surface area contributed by atoms with Gasteiger partial charge in [-0.05, 0) is 24.6 Å². The fraction of sp³-hybridized carbons (Fsp3) is 0.400. The van der Waals surface area contributed by atoms with Gasteiger partial charge in [0.1, 0.15) is 18.9 Å². The van der Waals surface area contributed by atoms with Crippen LogP contribution in [0.4, 0.5) is 0 Å². The van der Waals surface area contributed by atoms with Crippen LogP contribution in [0.2, 0.25) is 0 Å². The monoisotopic (exact) mass is 470 g/mol. The first-order chi connectivity index (χ1) is 15.9. The highest BCUT2D eigenvalue weighted by molar-refractivity contribution is 7.99. The molecule has 2 aromatic rings. The average Bonchev–Trinajstić information content (AvgIpc) is 2.84. The average molecular weight is 471 g/mol. The van der Waals surface area contributed by atoms with Gasteiger partial charge in [0.15, 0.2) is 0 Å². The Labute approximate surface area is 198 Å². The molecule has 3 rings (SSSR count). The Morgan fingerprint density at radius 1 is 1.09 bits per heavy atom. The molecule has 1 aliphatic rings. The van der Waals surface area contributed by atoms with Crippen molar-refractivity contribution in [3.63, 3.8) is 0 Å². The Morgan fingerprint density at radius 3 is 2.55 bits per heavy atom. The van der Waals surface area contributed by atoms with Crippen LogP contribution in [0.1, 0.15) is 19.4 Å². The van der Waals surface area contributed by atoms with Crippen LogP contribution in [0, 0.1) is 0 Å². The molecule has 2 aromatic carbocycles. The number of esters is 2. The smallest absolute Gasteiger partial charge is 0.347 e. The van der Waals surface area contributed by atoms with E-state index in [1.165, 1.54) is 0 Å². The van der Waals surface area contributed by atoms with Gasteiger partial charge in [-0.25, -0.2) is 9.59 Å². The SMILES string of the molecule is C=CC(=O)OCCOC(=O)CON=C(c1cccc2ccccc12)C(C)(C)N1CCSCC1. The summed E-state index contributed by atoms with van der Waals surface area (Å²) in [6.45, 7) is 9.05. The van der Waals surface area contributed by atoms with Crippen molar-refractivity contribution in [2.24, 2.45) is 5.16 Å². The van der Waals surface area contributed by atoms with Gasteiger partial charge in [0.05, 0.1) is 5.54 Å². The van der Waals surface area contributed by atoms with Crippen molar-refractivity contribution in [3.05, 3.63) is 60.7 Å². The fourth-order valence-electron chi connectivity index (χ4n) is 3.74. The number of thioether (sulfide) groups is 1. The van der Waals surface area contributed by atoms with E-state index in [9.17, 15) is 9.59 Å². The summed E-state index contributed by atoms with van der Waals surface area (Å²) < 4.78 is 9.82. The lowest BCUT2D eigenvalue weighted by molar-refractivity contribution is -0.153. The van der Waals surface area contributed by atoms with Gasteiger partial charge in [-0.2, -0.15) is 11.8 Å². The molecule has 1 saturated heterocycles. The van der Waals surface area contributed by atoms with Crippen LogP contribution < -0.4 is 0 Å². The molecule has 176 valence electrons. The Kier molecular flexibility index (Phi) is 8.91. The summed E-state index contributed by atoms with van der Waals surface area (Å²) in [5.74, 6) is 0.981. The molecule has 0 N–H and O–H groups in total. The minimum atomic E-state index is -0.585. The molecule has 7 nitrogen and oxygen atoms in total. The third-order valence-electron chi connectivity index (χ3n) is 5.52. The number of hydrogen-bond acceptors (Lipinski definition) is 8. The maximum absolute atomic E-state index is 12.0. The van der Waals surface area contributed by atoms with Gasteiger partial charge in [-0.3, -0.25) is 4.90 Å². The van der Waals surface area contributed by atoms with Crippen molar-refractivity contribution in [1.29, 1.82) is 0 Å². The largest absolute Gasteiger partial charge is 0.459 e. The van der Waals surface area contributed by atoms with Gasteiger partial charge in [0.25, 0.3) is 0 Å². The van der Waals surface area contributed by atoms with Gasteiger partial charge in [-0.1, -0.05) is 54.2 Å². The lowest BCUT2D eigenvalue weighted by Crippen LogP contribution is -2.53. The number of carbonyl (C=O) groups is 2. The summed E-state index contributed by atoms with van der Waals surface area (Å²) in [6.07, 6.45) is 1.05. The van der Waals surface area contributed by atoms with Crippen molar-refractivity contribution >= 4 is 40.2 Å². The van der Waals surface area contributed by atoms with Gasteiger partial charge in [0, 0.05) is 36.2 Å². The number of carbonyl (C=O) groups excluding carboxylic acids is 2. The zero-order chi connectivity index (χ0) is 23.7. The van der Waals surface area contributed by atoms with Gasteiger partial charge >= 0.3 is 11.9 Å². The number of nitrogens with zero attached hydrogens (tertiary/aromatic N) is 2. The highest BCUT2D eigenvalue weighted by Gasteiger charge is 2.35. The normalized spacial score (nSPS) is 15.2. The summed E-state index contributed by atoms with van der Waals surface area (Å²) >= 11 is 1.95. The molecule has 8 heteroatoms. The van der Waals surface area contributed by atoms with Crippen LogP contribution in [0.3, 0.4) is 0 Å². The van der Waals surface area contributed by atoms with E-state index < -0.39 is 17.5 Å². The second-order valence-electron chi connectivity index (χ2n) is 7.99. The third-order valence-corrected chi connectivity index (χ3v) is 6.46. The van der Waals surface area contributed by atoms with Crippen LogP contribution in [0.15, 0.2) is 60.3 Å². The predicted molar refractivity (Wildman–Crippen MR) is 132 cm³/mol. The summed E-state index contributed by atoms with van der Waals surface area (Å²) in [5.41, 5.74) is 1.33. The van der Waals surface area contributed by atoms with Gasteiger partial charge in [0.2, 0.25) is 6.61 Å². The fourth-order valence-corrected chi connectivity index (χ4v) is 4.65. The second-order valence-corrected chi connectivity index (χ2v) is 9.22. The number of oxime groups is 1. The first-order valence-electron chi connectivity index (χ1n) is 10.9. The molecule has 0 amide bonds. The van der Waals surface area contributed by atoms with Gasteiger partial charge < -0.3 is 14.3 Å². The molecule has 1 aliphatic heterocycles. The van der Waals surface area contributed by atoms with Crippen molar-refractivity contribution in [2.45, 2.75) is 19.4 Å². The van der Waals surface area contributed by atoms with E-state index >= 15 is 0 Å². The van der Waals surface area contributed by atoms with Crippen molar-refractivity contribution in [3.8, 4) is 0 Å². The Hall–Kier alpha value is -2.84. The molecule has 0 spiro atoms. The number of rotatable bonds is 10. The van der Waals surface area contributed by atoms with E-state index in [0.29, 0.717) is 0 Å². The Morgan fingerprint density at radius 2 is 1.79 bits per heavy atom. The first kappa shape index (κ1) is 24.8. The molecule has 0 aliphatic carbocycles. The predicted octanol–water partition coefficient (Wildman–Crippen LogP) is 3.66. The highest BCUT2D eigenvalue weighted by atomic mass is 32.2. The topological polar surface area (TPSA) is 77.4 Å². The number of fused-ring (bicyclic) bond motifs is 1. The molecular formula is C25H30N2O5S. The van der Waals surface area contributed by atoms with Crippen LogP contribution in [-0.4, -0.2) is 72.5 Å². The lowest BCUT2D eigenvalue weighted by Gasteiger charge is -2.41. The van der Waals surface area contributed by atoms with E-state index in [-0.39, 0.29) is 19.8 Å².